The van der Waals surface area contributed by atoms with Crippen LogP contribution in [0.3, 0.4) is 0 Å². The first-order valence-corrected chi connectivity index (χ1v) is 11.7. The van der Waals surface area contributed by atoms with Crippen LogP contribution in [0.15, 0.2) is 54.7 Å². The van der Waals surface area contributed by atoms with Crippen LogP contribution in [0.25, 0.3) is 16.9 Å². The summed E-state index contributed by atoms with van der Waals surface area (Å²) in [6.07, 6.45) is 1.39. The number of aromatic nitrogens is 2. The minimum Gasteiger partial charge on any atom is -0.483 e. The number of imidazole rings is 1. The van der Waals surface area contributed by atoms with Crippen molar-refractivity contribution in [3.05, 3.63) is 77.2 Å². The van der Waals surface area contributed by atoms with Crippen LogP contribution in [-0.2, 0) is 16.1 Å². The number of benzene rings is 2. The van der Waals surface area contributed by atoms with E-state index in [-0.39, 0.29) is 13.2 Å². The Kier molecular flexibility index (Phi) is 7.82. The molecule has 0 fully saturated rings. The molecule has 9 heteroatoms. The number of nitrogens with zero attached hydrogens (tertiary/aromatic N) is 2. The lowest BCUT2D eigenvalue weighted by atomic mass is 10.0. The number of carbonyl (C=O) groups is 1. The van der Waals surface area contributed by atoms with Gasteiger partial charge in [0.25, 0.3) is 5.91 Å². The van der Waals surface area contributed by atoms with Crippen LogP contribution in [0, 0.1) is 19.7 Å². The number of hydrogen-bond acceptors (Lipinski definition) is 6. The van der Waals surface area contributed by atoms with Gasteiger partial charge in [0.15, 0.2) is 6.61 Å². The molecule has 0 aliphatic rings. The van der Waals surface area contributed by atoms with Crippen LogP contribution in [0.2, 0.25) is 0 Å². The Morgan fingerprint density at radius 3 is 2.58 bits per heavy atom. The van der Waals surface area contributed by atoms with Gasteiger partial charge < -0.3 is 25.8 Å². The number of para-hydroxylation sites is 1. The number of anilines is 2. The monoisotopic (exact) mass is 491 g/mol. The molecule has 1 amide bonds. The summed E-state index contributed by atoms with van der Waals surface area (Å²) in [7, 11) is 1.86. The third-order valence-corrected chi connectivity index (χ3v) is 5.78. The number of primary amides is 1. The maximum atomic E-state index is 14.4. The Morgan fingerprint density at radius 2 is 1.86 bits per heavy atom. The molecule has 2 aromatic heterocycles. The first-order valence-electron chi connectivity index (χ1n) is 11.7. The highest BCUT2D eigenvalue weighted by Gasteiger charge is 2.23. The molecule has 36 heavy (non-hydrogen) atoms. The molecule has 2 aromatic carbocycles. The van der Waals surface area contributed by atoms with E-state index in [9.17, 15) is 9.18 Å². The zero-order valence-electron chi connectivity index (χ0n) is 20.6. The van der Waals surface area contributed by atoms with Crippen molar-refractivity contribution in [3.63, 3.8) is 0 Å². The number of aryl methyl sites for hydroxylation is 2. The van der Waals surface area contributed by atoms with Crippen molar-refractivity contribution >= 4 is 23.1 Å². The van der Waals surface area contributed by atoms with Gasteiger partial charge in [0, 0.05) is 18.4 Å². The summed E-state index contributed by atoms with van der Waals surface area (Å²) in [5.74, 6) is -0.00193. The average molecular weight is 492 g/mol. The highest BCUT2D eigenvalue weighted by atomic mass is 19.1. The van der Waals surface area contributed by atoms with Gasteiger partial charge in [0.05, 0.1) is 18.8 Å². The molecule has 0 bridgehead atoms. The van der Waals surface area contributed by atoms with Crippen LogP contribution in [0.4, 0.5) is 15.9 Å². The van der Waals surface area contributed by atoms with Gasteiger partial charge in [-0.3, -0.25) is 9.20 Å². The van der Waals surface area contributed by atoms with Crippen LogP contribution < -0.4 is 21.1 Å². The average Bonchev–Trinajstić information content (AvgIpc) is 3.19. The smallest absolute Gasteiger partial charge is 0.255 e. The molecule has 0 saturated carbocycles. The minimum atomic E-state index is -0.595. The Morgan fingerprint density at radius 1 is 1.11 bits per heavy atom. The summed E-state index contributed by atoms with van der Waals surface area (Å²) in [5, 5.41) is 6.54. The van der Waals surface area contributed by atoms with E-state index >= 15 is 0 Å². The molecule has 0 radical (unpaired) electrons. The summed E-state index contributed by atoms with van der Waals surface area (Å²) in [6.45, 7) is 5.20. The van der Waals surface area contributed by atoms with Crippen LogP contribution in [0.5, 0.6) is 5.75 Å². The van der Waals surface area contributed by atoms with E-state index in [2.05, 4.69) is 10.6 Å². The number of halogens is 1. The Hall–Kier alpha value is -3.95. The molecule has 4 rings (SSSR count). The van der Waals surface area contributed by atoms with E-state index in [1.165, 1.54) is 12.3 Å². The SMILES string of the molecule is CNCCOCc1cccc(OCC(N)=O)c1-c1nc2ccc(F)cn2c1Nc1c(C)cccc1C. The lowest BCUT2D eigenvalue weighted by Crippen LogP contribution is -2.20. The van der Waals surface area contributed by atoms with Gasteiger partial charge in [-0.25, -0.2) is 9.37 Å². The predicted octanol–water partition coefficient (Wildman–Crippen LogP) is 4.10. The molecule has 4 aromatic rings. The summed E-state index contributed by atoms with van der Waals surface area (Å²) in [4.78, 5) is 16.3. The van der Waals surface area contributed by atoms with E-state index in [1.54, 1.807) is 16.5 Å². The van der Waals surface area contributed by atoms with Crippen molar-refractivity contribution in [2.75, 3.05) is 32.1 Å². The first-order chi connectivity index (χ1) is 17.4. The molecular formula is C27H30FN5O3. The number of ether oxygens (including phenoxy) is 2. The summed E-state index contributed by atoms with van der Waals surface area (Å²) < 4.78 is 27.7. The first kappa shape index (κ1) is 25.2. The molecule has 0 aliphatic heterocycles. The molecule has 0 unspecified atom stereocenters. The van der Waals surface area contributed by atoms with Crippen molar-refractivity contribution in [2.45, 2.75) is 20.5 Å². The lowest BCUT2D eigenvalue weighted by molar-refractivity contribution is -0.119. The summed E-state index contributed by atoms with van der Waals surface area (Å²) >= 11 is 0. The molecule has 8 nitrogen and oxygen atoms in total. The quantitative estimate of drug-likeness (QED) is 0.273. The standard InChI is InChI=1S/C27H30FN5O3/c1-17-6-4-7-18(2)25(17)32-27-26(31-23-11-10-20(28)14-33(23)27)24-19(15-35-13-12-30-3)8-5-9-21(24)36-16-22(29)34/h4-11,14,30,32H,12-13,15-16H2,1-3H3,(H2,29,34). The van der Waals surface area contributed by atoms with Gasteiger partial charge >= 0.3 is 0 Å². The van der Waals surface area contributed by atoms with Crippen molar-refractivity contribution in [2.24, 2.45) is 5.73 Å². The maximum Gasteiger partial charge on any atom is 0.255 e. The van der Waals surface area contributed by atoms with Crippen molar-refractivity contribution in [1.82, 2.24) is 14.7 Å². The van der Waals surface area contributed by atoms with Gasteiger partial charge in [-0.15, -0.1) is 0 Å². The molecule has 2 heterocycles. The van der Waals surface area contributed by atoms with Crippen molar-refractivity contribution < 1.29 is 18.7 Å². The Bertz CT molecular complexity index is 1370. The molecule has 0 atom stereocenters. The van der Waals surface area contributed by atoms with Crippen LogP contribution in [-0.4, -0.2) is 42.1 Å². The van der Waals surface area contributed by atoms with Crippen LogP contribution in [0.1, 0.15) is 16.7 Å². The summed E-state index contributed by atoms with van der Waals surface area (Å²) in [5.41, 5.74) is 10.8. The second kappa shape index (κ2) is 11.2. The number of hydrogen-bond donors (Lipinski definition) is 3. The molecule has 0 saturated heterocycles. The van der Waals surface area contributed by atoms with Gasteiger partial charge in [-0.2, -0.15) is 0 Å². The van der Waals surface area contributed by atoms with Gasteiger partial charge in [0.1, 0.15) is 28.7 Å². The molecular weight excluding hydrogens is 461 g/mol. The fraction of sp³-hybridized carbons (Fsp3) is 0.259. The number of fused-ring (bicyclic) bond motifs is 1. The van der Waals surface area contributed by atoms with Crippen molar-refractivity contribution in [3.8, 4) is 17.0 Å². The number of nitrogens with one attached hydrogen (secondary N) is 2. The predicted molar refractivity (Wildman–Crippen MR) is 138 cm³/mol. The maximum absolute atomic E-state index is 14.4. The van der Waals surface area contributed by atoms with Gasteiger partial charge in [-0.1, -0.05) is 30.3 Å². The van der Waals surface area contributed by atoms with E-state index in [1.807, 2.05) is 51.2 Å². The van der Waals surface area contributed by atoms with E-state index in [0.717, 1.165) is 22.4 Å². The summed E-state index contributed by atoms with van der Waals surface area (Å²) in [6, 6.07) is 14.5. The number of pyridine rings is 1. The van der Waals surface area contributed by atoms with Gasteiger partial charge in [-0.05, 0) is 55.8 Å². The molecule has 4 N–H and O–H groups in total. The van der Waals surface area contributed by atoms with Crippen molar-refractivity contribution in [1.29, 1.82) is 0 Å². The van der Waals surface area contributed by atoms with E-state index in [4.69, 9.17) is 20.2 Å². The van der Waals surface area contributed by atoms with Crippen LogP contribution >= 0.6 is 0 Å². The minimum absolute atomic E-state index is 0.288. The van der Waals surface area contributed by atoms with E-state index < -0.39 is 11.7 Å². The zero-order valence-corrected chi connectivity index (χ0v) is 20.6. The molecule has 0 spiro atoms. The molecule has 0 aliphatic carbocycles. The highest BCUT2D eigenvalue weighted by molar-refractivity contribution is 5.86. The number of amides is 1. The third kappa shape index (κ3) is 5.48. The second-order valence-electron chi connectivity index (χ2n) is 8.48. The fourth-order valence-corrected chi connectivity index (χ4v) is 4.03. The Labute approximate surface area is 209 Å². The third-order valence-electron chi connectivity index (χ3n) is 5.78. The van der Waals surface area contributed by atoms with Gasteiger partial charge in [0.2, 0.25) is 0 Å². The second-order valence-corrected chi connectivity index (χ2v) is 8.48. The molecule has 188 valence electrons. The highest BCUT2D eigenvalue weighted by Crippen LogP contribution is 2.40. The van der Waals surface area contributed by atoms with E-state index in [0.29, 0.717) is 41.6 Å². The lowest BCUT2D eigenvalue weighted by Gasteiger charge is -2.17. The largest absolute Gasteiger partial charge is 0.483 e. The zero-order chi connectivity index (χ0) is 25.7. The number of carbonyl (C=O) groups excluding carboxylic acids is 1. The number of likely N-dealkylation sites (N-methyl/N-ethyl adjacent to an activating group) is 1. The fourth-order valence-electron chi connectivity index (χ4n) is 4.03. The topological polar surface area (TPSA) is 103 Å². The normalized spacial score (nSPS) is 11.1. The number of rotatable bonds is 11. The Balaban J connectivity index is 1.91. The number of nitrogens with two attached hydrogens (primary N) is 1.